The van der Waals surface area contributed by atoms with Crippen LogP contribution in [-0.4, -0.2) is 10.1 Å². The molecule has 3 heteroatoms. The number of halogens is 1. The molecule has 0 saturated carbocycles. The molecular formula is C14H14FNO. The van der Waals surface area contributed by atoms with Crippen LogP contribution in [0.1, 0.15) is 29.8 Å². The first kappa shape index (κ1) is 11.7. The Morgan fingerprint density at radius 2 is 2.00 bits per heavy atom. The van der Waals surface area contributed by atoms with Gasteiger partial charge in [-0.2, -0.15) is 0 Å². The Hall–Kier alpha value is -1.74. The predicted molar refractivity (Wildman–Crippen MR) is 64.1 cm³/mol. The molecule has 1 heterocycles. The minimum absolute atomic E-state index is 0.265. The third-order valence-electron chi connectivity index (χ3n) is 2.77. The quantitative estimate of drug-likeness (QED) is 0.881. The highest BCUT2D eigenvalue weighted by molar-refractivity contribution is 5.31. The number of aliphatic hydroxyl groups excluding tert-OH is 1. The smallest absolute Gasteiger partial charge is 0.129 e. The van der Waals surface area contributed by atoms with E-state index in [1.165, 1.54) is 6.07 Å². The Labute approximate surface area is 99.8 Å². The largest absolute Gasteiger partial charge is 0.382 e. The van der Waals surface area contributed by atoms with E-state index < -0.39 is 11.9 Å². The third kappa shape index (κ3) is 2.34. The van der Waals surface area contributed by atoms with Crippen molar-refractivity contribution in [3.05, 3.63) is 65.2 Å². The summed E-state index contributed by atoms with van der Waals surface area (Å²) in [5, 5.41) is 10.2. The van der Waals surface area contributed by atoms with Crippen molar-refractivity contribution >= 4 is 0 Å². The Balaban J connectivity index is 2.44. The second-order valence-electron chi connectivity index (χ2n) is 3.83. The average molecular weight is 231 g/mol. The minimum atomic E-state index is -1.01. The molecule has 0 spiro atoms. The third-order valence-corrected chi connectivity index (χ3v) is 2.77. The summed E-state index contributed by atoms with van der Waals surface area (Å²) in [7, 11) is 0. The van der Waals surface area contributed by atoms with Gasteiger partial charge < -0.3 is 5.11 Å². The van der Waals surface area contributed by atoms with Gasteiger partial charge in [0.05, 0.1) is 5.69 Å². The van der Waals surface area contributed by atoms with Crippen LogP contribution in [0.2, 0.25) is 0 Å². The highest BCUT2D eigenvalue weighted by atomic mass is 19.1. The molecule has 88 valence electrons. The average Bonchev–Trinajstić information content (AvgIpc) is 2.38. The molecule has 0 bridgehead atoms. The normalized spacial score (nSPS) is 12.4. The summed E-state index contributed by atoms with van der Waals surface area (Å²) in [6.07, 6.45) is 1.36. The van der Waals surface area contributed by atoms with Crippen LogP contribution in [0, 0.1) is 5.82 Å². The van der Waals surface area contributed by atoms with Crippen LogP contribution in [0.25, 0.3) is 0 Å². The molecule has 1 unspecified atom stereocenters. The van der Waals surface area contributed by atoms with Crippen molar-refractivity contribution in [3.8, 4) is 0 Å². The molecule has 0 radical (unpaired) electrons. The molecule has 0 fully saturated rings. The maximum absolute atomic E-state index is 13.6. The second kappa shape index (κ2) is 5.06. The van der Waals surface area contributed by atoms with Gasteiger partial charge >= 0.3 is 0 Å². The number of nitrogens with zero attached hydrogens (tertiary/aromatic N) is 1. The zero-order valence-electron chi connectivity index (χ0n) is 9.60. The number of hydrogen-bond acceptors (Lipinski definition) is 2. The van der Waals surface area contributed by atoms with Gasteiger partial charge in [0.25, 0.3) is 0 Å². The minimum Gasteiger partial charge on any atom is -0.382 e. The molecule has 0 aliphatic carbocycles. The Bertz CT molecular complexity index is 513. The van der Waals surface area contributed by atoms with Crippen molar-refractivity contribution in [2.24, 2.45) is 0 Å². The first-order valence-electron chi connectivity index (χ1n) is 5.60. The maximum Gasteiger partial charge on any atom is 0.129 e. The van der Waals surface area contributed by atoms with Gasteiger partial charge in [-0.1, -0.05) is 31.2 Å². The summed E-state index contributed by atoms with van der Waals surface area (Å²) in [5.74, 6) is -0.410. The first-order valence-corrected chi connectivity index (χ1v) is 5.60. The standard InChI is InChI=1S/C14H14FNO/c1-2-10-6-5-9-16-13(10)14(17)11-7-3-4-8-12(11)15/h3-9,14,17H,2H2,1H3. The molecule has 2 aromatic rings. The Morgan fingerprint density at radius 3 is 2.71 bits per heavy atom. The van der Waals surface area contributed by atoms with E-state index in [1.807, 2.05) is 19.1 Å². The molecule has 1 aromatic heterocycles. The van der Waals surface area contributed by atoms with E-state index in [2.05, 4.69) is 4.98 Å². The zero-order valence-corrected chi connectivity index (χ0v) is 9.60. The summed E-state index contributed by atoms with van der Waals surface area (Å²) < 4.78 is 13.6. The molecule has 17 heavy (non-hydrogen) atoms. The first-order chi connectivity index (χ1) is 8.24. The SMILES string of the molecule is CCc1cccnc1C(O)c1ccccc1F. The maximum atomic E-state index is 13.6. The summed E-state index contributed by atoms with van der Waals surface area (Å²) in [6, 6.07) is 9.94. The molecule has 0 saturated heterocycles. The number of aromatic nitrogens is 1. The number of aliphatic hydroxyl groups is 1. The van der Waals surface area contributed by atoms with Gasteiger partial charge in [0.1, 0.15) is 11.9 Å². The fourth-order valence-electron chi connectivity index (χ4n) is 1.84. The highest BCUT2D eigenvalue weighted by Crippen LogP contribution is 2.25. The van der Waals surface area contributed by atoms with Crippen LogP contribution in [0.3, 0.4) is 0 Å². The molecule has 2 nitrogen and oxygen atoms in total. The van der Waals surface area contributed by atoms with Crippen LogP contribution in [-0.2, 0) is 6.42 Å². The Morgan fingerprint density at radius 1 is 1.24 bits per heavy atom. The van der Waals surface area contributed by atoms with E-state index in [-0.39, 0.29) is 5.56 Å². The molecule has 1 aromatic carbocycles. The summed E-state index contributed by atoms with van der Waals surface area (Å²) >= 11 is 0. The number of aryl methyl sites for hydroxylation is 1. The van der Waals surface area contributed by atoms with E-state index in [1.54, 1.807) is 24.4 Å². The molecule has 0 amide bonds. The van der Waals surface area contributed by atoms with Crippen molar-refractivity contribution in [3.63, 3.8) is 0 Å². The van der Waals surface area contributed by atoms with Gasteiger partial charge in [-0.05, 0) is 24.1 Å². The van der Waals surface area contributed by atoms with Gasteiger partial charge in [0, 0.05) is 11.8 Å². The van der Waals surface area contributed by atoms with E-state index in [9.17, 15) is 9.50 Å². The molecule has 1 N–H and O–H groups in total. The fourth-order valence-corrected chi connectivity index (χ4v) is 1.84. The monoisotopic (exact) mass is 231 g/mol. The molecule has 2 rings (SSSR count). The van der Waals surface area contributed by atoms with Crippen molar-refractivity contribution in [2.75, 3.05) is 0 Å². The molecule has 0 aliphatic rings. The van der Waals surface area contributed by atoms with Crippen LogP contribution < -0.4 is 0 Å². The lowest BCUT2D eigenvalue weighted by Gasteiger charge is -2.14. The van der Waals surface area contributed by atoms with Crippen molar-refractivity contribution < 1.29 is 9.50 Å². The lowest BCUT2D eigenvalue weighted by Crippen LogP contribution is -2.07. The number of pyridine rings is 1. The van der Waals surface area contributed by atoms with Crippen LogP contribution in [0.15, 0.2) is 42.6 Å². The molecule has 0 aliphatic heterocycles. The van der Waals surface area contributed by atoms with Crippen molar-refractivity contribution in [2.45, 2.75) is 19.4 Å². The highest BCUT2D eigenvalue weighted by Gasteiger charge is 2.17. The topological polar surface area (TPSA) is 33.1 Å². The van der Waals surface area contributed by atoms with Crippen LogP contribution in [0.5, 0.6) is 0 Å². The van der Waals surface area contributed by atoms with Gasteiger partial charge in [-0.15, -0.1) is 0 Å². The van der Waals surface area contributed by atoms with Gasteiger partial charge in [-0.25, -0.2) is 4.39 Å². The van der Waals surface area contributed by atoms with Gasteiger partial charge in [0.2, 0.25) is 0 Å². The van der Waals surface area contributed by atoms with Crippen LogP contribution in [0.4, 0.5) is 4.39 Å². The lowest BCUT2D eigenvalue weighted by molar-refractivity contribution is 0.209. The van der Waals surface area contributed by atoms with Gasteiger partial charge in [0.15, 0.2) is 0 Å². The van der Waals surface area contributed by atoms with Crippen molar-refractivity contribution in [1.82, 2.24) is 4.98 Å². The number of rotatable bonds is 3. The predicted octanol–water partition coefficient (Wildman–Crippen LogP) is 2.86. The number of benzene rings is 1. The Kier molecular flexibility index (Phi) is 3.49. The van der Waals surface area contributed by atoms with E-state index in [4.69, 9.17) is 0 Å². The zero-order chi connectivity index (χ0) is 12.3. The van der Waals surface area contributed by atoms with Crippen LogP contribution >= 0.6 is 0 Å². The number of hydrogen-bond donors (Lipinski definition) is 1. The summed E-state index contributed by atoms with van der Waals surface area (Å²) in [6.45, 7) is 1.98. The van der Waals surface area contributed by atoms with E-state index in [0.717, 1.165) is 12.0 Å². The fraction of sp³-hybridized carbons (Fsp3) is 0.214. The van der Waals surface area contributed by atoms with Gasteiger partial charge in [-0.3, -0.25) is 4.98 Å². The lowest BCUT2D eigenvalue weighted by atomic mass is 10.0. The molecule has 1 atom stereocenters. The second-order valence-corrected chi connectivity index (χ2v) is 3.83. The van der Waals surface area contributed by atoms with E-state index in [0.29, 0.717) is 5.69 Å². The summed E-state index contributed by atoms with van der Waals surface area (Å²) in [4.78, 5) is 4.15. The summed E-state index contributed by atoms with van der Waals surface area (Å²) in [5.41, 5.74) is 1.73. The molecular weight excluding hydrogens is 217 g/mol. The van der Waals surface area contributed by atoms with Crippen molar-refractivity contribution in [1.29, 1.82) is 0 Å². The van der Waals surface area contributed by atoms with E-state index >= 15 is 0 Å².